The number of aliphatic carboxylic acids is 1. The first kappa shape index (κ1) is 23.3. The number of hydrogen-bond donors (Lipinski definition) is 7. The Hall–Kier alpha value is -2.73. The van der Waals surface area contributed by atoms with Gasteiger partial charge in [-0.2, -0.15) is 0 Å². The third-order valence-electron chi connectivity index (χ3n) is 3.09. The van der Waals surface area contributed by atoms with Crippen molar-refractivity contribution >= 4 is 29.6 Å². The van der Waals surface area contributed by atoms with E-state index in [0.29, 0.717) is 19.4 Å². The fourth-order valence-corrected chi connectivity index (χ4v) is 1.79. The third-order valence-corrected chi connectivity index (χ3v) is 3.09. The van der Waals surface area contributed by atoms with Gasteiger partial charge in [-0.25, -0.2) is 0 Å². The first-order valence-corrected chi connectivity index (χ1v) is 8.02. The maximum Gasteiger partial charge on any atom is 0.322 e. The van der Waals surface area contributed by atoms with Gasteiger partial charge in [0.25, 0.3) is 0 Å². The van der Waals surface area contributed by atoms with Gasteiger partial charge in [0.05, 0.1) is 19.6 Å². The standard InChI is InChI=1S/C14H26N6O6/c15-4-2-1-3-9(20-12(23)7-17-10(21)5-16)14(26)19-6-11(22)18-8-13(24)25/h9H,1-8,15-16H2,(H,17,21)(H,18,22)(H,19,26)(H,20,23)(H,24,25)/t9-/m0/s1. The van der Waals surface area contributed by atoms with Crippen molar-refractivity contribution in [3.05, 3.63) is 0 Å². The van der Waals surface area contributed by atoms with Crippen LogP contribution in [0.3, 0.4) is 0 Å². The lowest BCUT2D eigenvalue weighted by Crippen LogP contribution is -2.51. The topological polar surface area (TPSA) is 206 Å². The predicted molar refractivity (Wildman–Crippen MR) is 90.6 cm³/mol. The fourth-order valence-electron chi connectivity index (χ4n) is 1.79. The van der Waals surface area contributed by atoms with Crippen molar-refractivity contribution in [1.82, 2.24) is 21.3 Å². The highest BCUT2D eigenvalue weighted by Crippen LogP contribution is 2.01. The Morgan fingerprint density at radius 3 is 2.00 bits per heavy atom. The van der Waals surface area contributed by atoms with Gasteiger partial charge >= 0.3 is 5.97 Å². The van der Waals surface area contributed by atoms with Gasteiger partial charge in [0, 0.05) is 0 Å². The Bertz CT molecular complexity index is 512. The molecule has 0 saturated carbocycles. The van der Waals surface area contributed by atoms with Gasteiger partial charge in [-0.3, -0.25) is 24.0 Å². The summed E-state index contributed by atoms with van der Waals surface area (Å²) in [6, 6.07) is -0.920. The summed E-state index contributed by atoms with van der Waals surface area (Å²) in [5.74, 6) is -3.60. The first-order chi connectivity index (χ1) is 12.3. The monoisotopic (exact) mass is 374 g/mol. The molecule has 0 unspecified atom stereocenters. The molecule has 0 bridgehead atoms. The van der Waals surface area contributed by atoms with Gasteiger partial charge in [-0.1, -0.05) is 0 Å². The minimum absolute atomic E-state index is 0.265. The number of carbonyl (C=O) groups is 5. The number of nitrogens with one attached hydrogen (secondary N) is 4. The number of hydrogen-bond acceptors (Lipinski definition) is 7. The normalized spacial score (nSPS) is 11.2. The van der Waals surface area contributed by atoms with Crippen LogP contribution in [0.1, 0.15) is 19.3 Å². The van der Waals surface area contributed by atoms with Crippen molar-refractivity contribution in [1.29, 1.82) is 0 Å². The number of unbranched alkanes of at least 4 members (excludes halogenated alkanes) is 1. The highest BCUT2D eigenvalue weighted by Gasteiger charge is 2.21. The maximum absolute atomic E-state index is 12.1. The van der Waals surface area contributed by atoms with E-state index in [9.17, 15) is 24.0 Å². The number of carboxylic acids is 1. The molecule has 0 aromatic heterocycles. The summed E-state index contributed by atoms with van der Waals surface area (Å²) in [7, 11) is 0. The zero-order valence-corrected chi connectivity index (χ0v) is 14.4. The Labute approximate surface area is 150 Å². The van der Waals surface area contributed by atoms with Crippen LogP contribution in [-0.2, 0) is 24.0 Å². The van der Waals surface area contributed by atoms with Crippen molar-refractivity contribution in [3.8, 4) is 0 Å². The Morgan fingerprint density at radius 2 is 1.42 bits per heavy atom. The van der Waals surface area contributed by atoms with Crippen molar-refractivity contribution in [2.45, 2.75) is 25.3 Å². The summed E-state index contributed by atoms with van der Waals surface area (Å²) in [5, 5.41) is 17.6. The van der Waals surface area contributed by atoms with Crippen molar-refractivity contribution in [2.24, 2.45) is 11.5 Å². The van der Waals surface area contributed by atoms with Crippen LogP contribution in [0.25, 0.3) is 0 Å². The molecule has 0 spiro atoms. The van der Waals surface area contributed by atoms with Crippen LogP contribution in [0.2, 0.25) is 0 Å². The SMILES string of the molecule is NCCCC[C@H](NC(=O)CNC(=O)CN)C(=O)NCC(=O)NCC(=O)O. The molecule has 0 aliphatic carbocycles. The lowest BCUT2D eigenvalue weighted by atomic mass is 10.1. The second-order valence-electron chi connectivity index (χ2n) is 5.27. The number of nitrogens with two attached hydrogens (primary N) is 2. The summed E-state index contributed by atoms with van der Waals surface area (Å²) >= 11 is 0. The molecule has 1 atom stereocenters. The Balaban J connectivity index is 4.51. The van der Waals surface area contributed by atoms with E-state index in [1.165, 1.54) is 0 Å². The summed E-state index contributed by atoms with van der Waals surface area (Å²) < 4.78 is 0. The van der Waals surface area contributed by atoms with Crippen LogP contribution in [0.15, 0.2) is 0 Å². The van der Waals surface area contributed by atoms with Crippen molar-refractivity contribution < 1.29 is 29.1 Å². The fraction of sp³-hybridized carbons (Fsp3) is 0.643. The highest BCUT2D eigenvalue weighted by molar-refractivity contribution is 5.92. The lowest BCUT2D eigenvalue weighted by molar-refractivity contribution is -0.138. The average molecular weight is 374 g/mol. The van der Waals surface area contributed by atoms with E-state index in [1.54, 1.807) is 0 Å². The third kappa shape index (κ3) is 11.8. The molecule has 0 aliphatic rings. The van der Waals surface area contributed by atoms with Crippen LogP contribution in [0.4, 0.5) is 0 Å². The smallest absolute Gasteiger partial charge is 0.322 e. The molecule has 0 aromatic rings. The average Bonchev–Trinajstić information content (AvgIpc) is 2.61. The minimum atomic E-state index is -1.21. The molecule has 0 fully saturated rings. The summed E-state index contributed by atoms with van der Waals surface area (Å²) in [4.78, 5) is 56.8. The molecular formula is C14H26N6O6. The molecule has 0 heterocycles. The Kier molecular flexibility index (Phi) is 12.1. The molecule has 9 N–H and O–H groups in total. The molecule has 0 saturated heterocycles. The maximum atomic E-state index is 12.1. The van der Waals surface area contributed by atoms with E-state index in [1.807, 2.05) is 0 Å². The van der Waals surface area contributed by atoms with E-state index >= 15 is 0 Å². The van der Waals surface area contributed by atoms with Crippen LogP contribution >= 0.6 is 0 Å². The molecule has 4 amide bonds. The molecular weight excluding hydrogens is 348 g/mol. The van der Waals surface area contributed by atoms with Crippen LogP contribution in [0, 0.1) is 0 Å². The quantitative estimate of drug-likeness (QED) is 0.158. The van der Waals surface area contributed by atoms with Crippen LogP contribution in [-0.4, -0.2) is 73.5 Å². The van der Waals surface area contributed by atoms with Gasteiger partial charge in [0.15, 0.2) is 0 Å². The molecule has 0 radical (unpaired) electrons. The summed E-state index contributed by atoms with van der Waals surface area (Å²) in [5.41, 5.74) is 10.5. The lowest BCUT2D eigenvalue weighted by Gasteiger charge is -2.18. The zero-order chi connectivity index (χ0) is 19.9. The second kappa shape index (κ2) is 13.5. The van der Waals surface area contributed by atoms with Gasteiger partial charge in [0.2, 0.25) is 23.6 Å². The first-order valence-electron chi connectivity index (χ1n) is 8.02. The van der Waals surface area contributed by atoms with Crippen LogP contribution < -0.4 is 32.7 Å². The van der Waals surface area contributed by atoms with Gasteiger partial charge in [-0.05, 0) is 25.8 Å². The molecule has 26 heavy (non-hydrogen) atoms. The number of amides is 4. The van der Waals surface area contributed by atoms with E-state index in [4.69, 9.17) is 16.6 Å². The number of carboxylic acid groups (broad SMARTS) is 1. The van der Waals surface area contributed by atoms with Gasteiger partial charge in [0.1, 0.15) is 12.6 Å². The molecule has 148 valence electrons. The molecule has 0 aromatic carbocycles. The molecule has 0 aliphatic heterocycles. The van der Waals surface area contributed by atoms with Crippen LogP contribution in [0.5, 0.6) is 0 Å². The zero-order valence-electron chi connectivity index (χ0n) is 14.4. The van der Waals surface area contributed by atoms with Gasteiger partial charge < -0.3 is 37.8 Å². The summed E-state index contributed by atoms with van der Waals surface area (Å²) in [6.45, 7) is -1.17. The molecule has 0 rings (SSSR count). The van der Waals surface area contributed by atoms with Crippen molar-refractivity contribution in [3.63, 3.8) is 0 Å². The van der Waals surface area contributed by atoms with Gasteiger partial charge in [-0.15, -0.1) is 0 Å². The predicted octanol–water partition coefficient (Wildman–Crippen LogP) is -4.01. The minimum Gasteiger partial charge on any atom is -0.480 e. The Morgan fingerprint density at radius 1 is 0.808 bits per heavy atom. The molecule has 12 heteroatoms. The largest absolute Gasteiger partial charge is 0.480 e. The number of carbonyl (C=O) groups excluding carboxylic acids is 4. The number of rotatable bonds is 13. The van der Waals surface area contributed by atoms with E-state index < -0.39 is 48.7 Å². The van der Waals surface area contributed by atoms with E-state index in [2.05, 4.69) is 21.3 Å². The summed E-state index contributed by atoms with van der Waals surface area (Å²) in [6.07, 6.45) is 1.49. The second-order valence-corrected chi connectivity index (χ2v) is 5.27. The van der Waals surface area contributed by atoms with E-state index in [-0.39, 0.29) is 19.5 Å². The van der Waals surface area contributed by atoms with Crippen molar-refractivity contribution in [2.75, 3.05) is 32.7 Å². The van der Waals surface area contributed by atoms with E-state index in [0.717, 1.165) is 0 Å². The molecule has 12 nitrogen and oxygen atoms in total. The highest BCUT2D eigenvalue weighted by atomic mass is 16.4.